The second-order valence-corrected chi connectivity index (χ2v) is 7.24. The summed E-state index contributed by atoms with van der Waals surface area (Å²) in [5.74, 6) is -2.56. The fraction of sp³-hybridized carbons (Fsp3) is 0.286. The van der Waals surface area contributed by atoms with E-state index in [0.29, 0.717) is 0 Å². The SMILES string of the molecule is CCOc1cc(C(CC(N)=O)N2C(=O)c3[c]ccc(Cl)c3C2C(N)=O)ccc1OC(F)F. The van der Waals surface area contributed by atoms with Crippen LogP contribution in [-0.4, -0.2) is 35.8 Å². The first kappa shape index (κ1) is 23.3. The molecule has 0 fully saturated rings. The van der Waals surface area contributed by atoms with Crippen LogP contribution >= 0.6 is 11.6 Å². The fourth-order valence-corrected chi connectivity index (χ4v) is 3.94. The summed E-state index contributed by atoms with van der Waals surface area (Å²) in [6, 6.07) is 7.19. The summed E-state index contributed by atoms with van der Waals surface area (Å²) in [6.07, 6.45) is -0.387. The topological polar surface area (TPSA) is 125 Å². The first-order valence-electron chi connectivity index (χ1n) is 9.47. The highest BCUT2D eigenvalue weighted by Crippen LogP contribution is 2.45. The summed E-state index contributed by atoms with van der Waals surface area (Å²) in [4.78, 5) is 38.5. The molecule has 1 heterocycles. The molecule has 0 bridgehead atoms. The number of carbonyl (C=O) groups excluding carboxylic acids is 3. The zero-order valence-corrected chi connectivity index (χ0v) is 17.6. The number of nitrogens with zero attached hydrogens (tertiary/aromatic N) is 1. The van der Waals surface area contributed by atoms with Gasteiger partial charge in [0.1, 0.15) is 6.04 Å². The molecule has 2 atom stereocenters. The van der Waals surface area contributed by atoms with Gasteiger partial charge in [-0.15, -0.1) is 0 Å². The summed E-state index contributed by atoms with van der Waals surface area (Å²) in [7, 11) is 0. The van der Waals surface area contributed by atoms with Crippen LogP contribution in [0.25, 0.3) is 0 Å². The minimum atomic E-state index is -3.09. The lowest BCUT2D eigenvalue weighted by Gasteiger charge is -2.32. The van der Waals surface area contributed by atoms with E-state index in [1.807, 2.05) is 0 Å². The van der Waals surface area contributed by atoms with Gasteiger partial charge in [0, 0.05) is 10.6 Å². The number of alkyl halides is 2. The summed E-state index contributed by atoms with van der Waals surface area (Å²) >= 11 is 6.23. The zero-order chi connectivity index (χ0) is 23.6. The second kappa shape index (κ2) is 9.39. The molecule has 4 N–H and O–H groups in total. The summed E-state index contributed by atoms with van der Waals surface area (Å²) in [6.45, 7) is -1.32. The zero-order valence-electron chi connectivity index (χ0n) is 16.8. The number of primary amides is 2. The van der Waals surface area contributed by atoms with Crippen LogP contribution in [0, 0.1) is 6.07 Å². The van der Waals surface area contributed by atoms with E-state index < -0.39 is 36.4 Å². The number of hydrogen-bond acceptors (Lipinski definition) is 5. The van der Waals surface area contributed by atoms with Gasteiger partial charge in [-0.25, -0.2) is 0 Å². The molecule has 0 saturated heterocycles. The van der Waals surface area contributed by atoms with Crippen LogP contribution in [0.5, 0.6) is 11.5 Å². The average Bonchev–Trinajstić information content (AvgIpc) is 3.01. The average molecular weight is 467 g/mol. The molecule has 0 spiro atoms. The van der Waals surface area contributed by atoms with E-state index in [4.69, 9.17) is 27.8 Å². The third kappa shape index (κ3) is 4.45. The van der Waals surface area contributed by atoms with Crippen molar-refractivity contribution in [2.75, 3.05) is 6.61 Å². The van der Waals surface area contributed by atoms with Crippen LogP contribution in [-0.2, 0) is 9.59 Å². The first-order valence-corrected chi connectivity index (χ1v) is 9.85. The molecule has 32 heavy (non-hydrogen) atoms. The fourth-order valence-electron chi connectivity index (χ4n) is 3.68. The Hall–Kier alpha value is -3.40. The van der Waals surface area contributed by atoms with Crippen molar-refractivity contribution < 1.29 is 32.6 Å². The third-order valence-corrected chi connectivity index (χ3v) is 5.18. The van der Waals surface area contributed by atoms with Crippen molar-refractivity contribution in [2.45, 2.75) is 32.0 Å². The van der Waals surface area contributed by atoms with Crippen LogP contribution in [0.2, 0.25) is 5.02 Å². The number of amides is 3. The van der Waals surface area contributed by atoms with Crippen molar-refractivity contribution in [3.05, 3.63) is 58.1 Å². The number of benzene rings is 2. The molecule has 0 aromatic heterocycles. The van der Waals surface area contributed by atoms with Crippen molar-refractivity contribution in [1.29, 1.82) is 0 Å². The molecule has 169 valence electrons. The molecule has 3 rings (SSSR count). The molecule has 1 radical (unpaired) electrons. The Morgan fingerprint density at radius 3 is 2.56 bits per heavy atom. The van der Waals surface area contributed by atoms with Crippen molar-refractivity contribution in [1.82, 2.24) is 4.90 Å². The van der Waals surface area contributed by atoms with E-state index in [9.17, 15) is 23.2 Å². The molecular formula is C21H19ClF2N3O5. The molecule has 0 saturated carbocycles. The lowest BCUT2D eigenvalue weighted by atomic mass is 9.98. The molecule has 1 aliphatic rings. The van der Waals surface area contributed by atoms with Gasteiger partial charge in [-0.3, -0.25) is 14.4 Å². The molecule has 2 unspecified atom stereocenters. The Morgan fingerprint density at radius 2 is 1.97 bits per heavy atom. The van der Waals surface area contributed by atoms with Gasteiger partial charge in [0.2, 0.25) is 11.8 Å². The summed E-state index contributed by atoms with van der Waals surface area (Å²) in [5.41, 5.74) is 11.5. The van der Waals surface area contributed by atoms with Gasteiger partial charge in [-0.1, -0.05) is 23.7 Å². The second-order valence-electron chi connectivity index (χ2n) is 6.84. The molecule has 11 heteroatoms. The minimum absolute atomic E-state index is 0.0378. The maximum atomic E-state index is 13.2. The van der Waals surface area contributed by atoms with E-state index in [2.05, 4.69) is 10.8 Å². The van der Waals surface area contributed by atoms with Gasteiger partial charge in [0.25, 0.3) is 5.91 Å². The van der Waals surface area contributed by atoms with Gasteiger partial charge >= 0.3 is 6.61 Å². The number of halogens is 3. The maximum Gasteiger partial charge on any atom is 0.387 e. The summed E-state index contributed by atoms with van der Waals surface area (Å²) in [5, 5.41) is 0.131. The van der Waals surface area contributed by atoms with Gasteiger partial charge in [-0.2, -0.15) is 8.78 Å². The van der Waals surface area contributed by atoms with Crippen molar-refractivity contribution >= 4 is 29.3 Å². The molecular weight excluding hydrogens is 448 g/mol. The Balaban J connectivity index is 2.14. The van der Waals surface area contributed by atoms with Crippen LogP contribution in [0.3, 0.4) is 0 Å². The molecule has 8 nitrogen and oxygen atoms in total. The van der Waals surface area contributed by atoms with Crippen LogP contribution < -0.4 is 20.9 Å². The standard InChI is InChI=1S/C21H19ClF2N3O5/c1-2-31-15-8-10(6-7-14(15)32-21(23)24)13(9-16(25)28)27-18(19(26)29)17-11(20(27)30)4-3-5-12(17)22/h3,5-8,13,18,21H,2,9H2,1H3,(H2,25,28)(H2,26,29). The van der Waals surface area contributed by atoms with E-state index >= 15 is 0 Å². The number of ether oxygens (including phenoxy) is 2. The highest BCUT2D eigenvalue weighted by atomic mass is 35.5. The van der Waals surface area contributed by atoms with Crippen molar-refractivity contribution in [3.8, 4) is 11.5 Å². The molecule has 2 aromatic rings. The van der Waals surface area contributed by atoms with Gasteiger partial charge in [0.05, 0.1) is 24.6 Å². The van der Waals surface area contributed by atoms with E-state index in [1.54, 1.807) is 6.92 Å². The Labute approximate surface area is 187 Å². The predicted octanol–water partition coefficient (Wildman–Crippen LogP) is 2.74. The van der Waals surface area contributed by atoms with Crippen molar-refractivity contribution in [2.24, 2.45) is 11.5 Å². The maximum absolute atomic E-state index is 13.2. The van der Waals surface area contributed by atoms with Gasteiger partial charge in [0.15, 0.2) is 11.5 Å². The lowest BCUT2D eigenvalue weighted by molar-refractivity contribution is -0.125. The highest BCUT2D eigenvalue weighted by molar-refractivity contribution is 6.32. The minimum Gasteiger partial charge on any atom is -0.490 e. The van der Waals surface area contributed by atoms with E-state index in [0.717, 1.165) is 4.90 Å². The number of nitrogens with two attached hydrogens (primary N) is 2. The van der Waals surface area contributed by atoms with Gasteiger partial charge < -0.3 is 25.8 Å². The third-order valence-electron chi connectivity index (χ3n) is 4.85. The normalized spacial score (nSPS) is 16.1. The largest absolute Gasteiger partial charge is 0.490 e. The van der Waals surface area contributed by atoms with E-state index in [1.165, 1.54) is 30.3 Å². The Bertz CT molecular complexity index is 1070. The monoisotopic (exact) mass is 466 g/mol. The number of fused-ring (bicyclic) bond motifs is 1. The number of rotatable bonds is 9. The molecule has 2 aromatic carbocycles. The molecule has 1 aliphatic heterocycles. The Kier molecular flexibility index (Phi) is 6.83. The lowest BCUT2D eigenvalue weighted by Crippen LogP contribution is -2.40. The molecule has 0 aliphatic carbocycles. The summed E-state index contributed by atoms with van der Waals surface area (Å²) < 4.78 is 35.3. The van der Waals surface area contributed by atoms with E-state index in [-0.39, 0.29) is 46.2 Å². The van der Waals surface area contributed by atoms with Crippen LogP contribution in [0.4, 0.5) is 8.78 Å². The van der Waals surface area contributed by atoms with Crippen LogP contribution in [0.1, 0.15) is 46.9 Å². The number of hydrogen-bond donors (Lipinski definition) is 2. The van der Waals surface area contributed by atoms with Crippen LogP contribution in [0.15, 0.2) is 30.3 Å². The predicted molar refractivity (Wildman–Crippen MR) is 109 cm³/mol. The smallest absolute Gasteiger partial charge is 0.387 e. The Morgan fingerprint density at radius 1 is 1.25 bits per heavy atom. The highest BCUT2D eigenvalue weighted by Gasteiger charge is 2.46. The number of carbonyl (C=O) groups is 3. The van der Waals surface area contributed by atoms with Crippen molar-refractivity contribution in [3.63, 3.8) is 0 Å². The quantitative estimate of drug-likeness (QED) is 0.587. The first-order chi connectivity index (χ1) is 15.1. The molecule has 3 amide bonds. The van der Waals surface area contributed by atoms with Gasteiger partial charge in [-0.05, 0) is 36.8 Å².